The maximum absolute atomic E-state index is 13.6. The summed E-state index contributed by atoms with van der Waals surface area (Å²) in [5.74, 6) is 0.426. The van der Waals surface area contributed by atoms with E-state index in [9.17, 15) is 13.2 Å². The molecule has 0 bridgehead atoms. The number of hydrogen-bond acceptors (Lipinski definition) is 7. The number of fused-ring (bicyclic) bond motifs is 1. The van der Waals surface area contributed by atoms with E-state index >= 15 is 0 Å². The highest BCUT2D eigenvalue weighted by Crippen LogP contribution is 2.34. The molecule has 3 aromatic rings. The number of likely N-dealkylation sites (N-methyl/N-ethyl adjacent to an activating group) is 1. The van der Waals surface area contributed by atoms with Gasteiger partial charge in [-0.1, -0.05) is 37.7 Å². The van der Waals surface area contributed by atoms with Gasteiger partial charge in [0.1, 0.15) is 11.3 Å². The first-order chi connectivity index (χ1) is 16.7. The molecule has 1 heterocycles. The molecular weight excluding hydrogens is 484 g/mol. The summed E-state index contributed by atoms with van der Waals surface area (Å²) in [4.78, 5) is 22.1. The fourth-order valence-corrected chi connectivity index (χ4v) is 6.13. The second-order valence-corrected chi connectivity index (χ2v) is 11.4. The van der Waals surface area contributed by atoms with Gasteiger partial charge in [-0.3, -0.25) is 9.69 Å². The predicted molar refractivity (Wildman–Crippen MR) is 142 cm³/mol. The molecule has 10 heteroatoms. The first kappa shape index (κ1) is 27.1. The molecule has 0 radical (unpaired) electrons. The van der Waals surface area contributed by atoms with Crippen molar-refractivity contribution >= 4 is 42.6 Å². The van der Waals surface area contributed by atoms with Crippen molar-refractivity contribution in [3.8, 4) is 5.75 Å². The van der Waals surface area contributed by atoms with Gasteiger partial charge in [-0.25, -0.2) is 13.4 Å². The van der Waals surface area contributed by atoms with Gasteiger partial charge in [0.05, 0.1) is 16.7 Å². The minimum Gasteiger partial charge on any atom is -0.494 e. The van der Waals surface area contributed by atoms with Crippen molar-refractivity contribution in [2.24, 2.45) is 0 Å². The molecule has 8 nitrogen and oxygen atoms in total. The molecule has 0 unspecified atom stereocenters. The zero-order valence-electron chi connectivity index (χ0n) is 21.0. The molecule has 0 aliphatic heterocycles. The Hall–Kier alpha value is -2.53. The number of benzene rings is 2. The summed E-state index contributed by atoms with van der Waals surface area (Å²) in [6.07, 6.45) is 1.72. The van der Waals surface area contributed by atoms with Gasteiger partial charge in [0, 0.05) is 31.7 Å². The van der Waals surface area contributed by atoms with Crippen LogP contribution in [0.1, 0.15) is 37.0 Å². The van der Waals surface area contributed by atoms with Gasteiger partial charge in [0.25, 0.3) is 5.91 Å². The molecule has 0 atom stereocenters. The summed E-state index contributed by atoms with van der Waals surface area (Å²) in [5, 5.41) is 0.574. The summed E-state index contributed by atoms with van der Waals surface area (Å²) in [6.45, 7) is 5.84. The van der Waals surface area contributed by atoms with Crippen LogP contribution in [0.4, 0.5) is 5.13 Å². The molecule has 1 amide bonds. The molecule has 35 heavy (non-hydrogen) atoms. The van der Waals surface area contributed by atoms with Crippen LogP contribution in [0, 0.1) is 0 Å². The molecule has 0 saturated heterocycles. The largest absolute Gasteiger partial charge is 0.494 e. The van der Waals surface area contributed by atoms with E-state index in [0.29, 0.717) is 48.1 Å². The fourth-order valence-electron chi connectivity index (χ4n) is 3.63. The molecule has 0 aliphatic rings. The van der Waals surface area contributed by atoms with Crippen molar-refractivity contribution in [1.29, 1.82) is 0 Å². The SMILES string of the molecule is CCCCN(CC)S(=O)(=O)c1ccc(C(=O)N(CCN(C)C)c2nc3c(OC)cccc3s2)cc1. The lowest BCUT2D eigenvalue weighted by atomic mass is 10.2. The number of unbranched alkanes of at least 4 members (excludes halogenated alkanes) is 1. The molecule has 1 aromatic heterocycles. The second-order valence-electron chi connectivity index (χ2n) is 8.44. The number of aromatic nitrogens is 1. The number of carbonyl (C=O) groups excluding carboxylic acids is 1. The van der Waals surface area contributed by atoms with Crippen LogP contribution in [-0.4, -0.2) is 75.9 Å². The standard InChI is InChI=1S/C25H34N4O4S2/c1-6-8-16-28(7-2)35(31,32)20-14-12-19(13-15-20)24(30)29(18-17-27(3)4)25-26-23-21(33-5)10-9-11-22(23)34-25/h9-15H,6-8,16-18H2,1-5H3. The summed E-state index contributed by atoms with van der Waals surface area (Å²) in [7, 11) is 1.88. The van der Waals surface area contributed by atoms with Gasteiger partial charge in [-0.2, -0.15) is 4.31 Å². The Labute approximate surface area is 212 Å². The number of nitrogens with zero attached hydrogens (tertiary/aromatic N) is 4. The fraction of sp³-hybridized carbons (Fsp3) is 0.440. The van der Waals surface area contributed by atoms with Gasteiger partial charge < -0.3 is 9.64 Å². The van der Waals surface area contributed by atoms with Crippen molar-refractivity contribution < 1.29 is 17.9 Å². The van der Waals surface area contributed by atoms with E-state index < -0.39 is 10.0 Å². The Balaban J connectivity index is 1.92. The normalized spacial score (nSPS) is 12.0. The second kappa shape index (κ2) is 11.9. The lowest BCUT2D eigenvalue weighted by molar-refractivity contribution is 0.0985. The number of anilines is 1. The van der Waals surface area contributed by atoms with Crippen molar-refractivity contribution in [3.63, 3.8) is 0 Å². The Bertz CT molecular complexity index is 1240. The monoisotopic (exact) mass is 518 g/mol. The third-order valence-corrected chi connectivity index (χ3v) is 8.72. The van der Waals surface area contributed by atoms with Crippen LogP contribution >= 0.6 is 11.3 Å². The molecule has 0 N–H and O–H groups in total. The first-order valence-corrected chi connectivity index (χ1v) is 14.0. The average Bonchev–Trinajstić information content (AvgIpc) is 3.28. The number of hydrogen-bond donors (Lipinski definition) is 0. The summed E-state index contributed by atoms with van der Waals surface area (Å²) < 4.78 is 33.9. The van der Waals surface area contributed by atoms with Gasteiger partial charge in [-0.05, 0) is 56.9 Å². The molecule has 190 valence electrons. The third-order valence-electron chi connectivity index (χ3n) is 5.69. The topological polar surface area (TPSA) is 83.1 Å². The first-order valence-electron chi connectivity index (χ1n) is 11.7. The summed E-state index contributed by atoms with van der Waals surface area (Å²) in [5.41, 5.74) is 1.12. The lowest BCUT2D eigenvalue weighted by Gasteiger charge is -2.23. The van der Waals surface area contributed by atoms with Crippen LogP contribution in [0.3, 0.4) is 0 Å². The van der Waals surface area contributed by atoms with E-state index in [0.717, 1.165) is 17.5 Å². The number of ether oxygens (including phenoxy) is 1. The van der Waals surface area contributed by atoms with Crippen molar-refractivity contribution in [1.82, 2.24) is 14.2 Å². The van der Waals surface area contributed by atoms with Crippen molar-refractivity contribution in [2.45, 2.75) is 31.6 Å². The maximum Gasteiger partial charge on any atom is 0.260 e. The summed E-state index contributed by atoms with van der Waals surface area (Å²) >= 11 is 1.42. The van der Waals surface area contributed by atoms with Crippen LogP contribution < -0.4 is 9.64 Å². The van der Waals surface area contributed by atoms with E-state index in [2.05, 4.69) is 0 Å². The van der Waals surface area contributed by atoms with Crippen LogP contribution in [0.25, 0.3) is 10.2 Å². The predicted octanol–water partition coefficient (Wildman–Crippen LogP) is 4.32. The quantitative estimate of drug-likeness (QED) is 0.355. The zero-order valence-corrected chi connectivity index (χ0v) is 22.7. The number of methoxy groups -OCH3 is 1. The molecular formula is C25H34N4O4S2. The van der Waals surface area contributed by atoms with Crippen molar-refractivity contribution in [3.05, 3.63) is 48.0 Å². The molecule has 0 spiro atoms. The number of thiazole rings is 1. The molecule has 0 saturated carbocycles. The highest BCUT2D eigenvalue weighted by atomic mass is 32.2. The molecule has 0 aliphatic carbocycles. The Morgan fingerprint density at radius 2 is 1.74 bits per heavy atom. The van der Waals surface area contributed by atoms with E-state index in [1.54, 1.807) is 24.1 Å². The number of carbonyl (C=O) groups is 1. The zero-order chi connectivity index (χ0) is 25.6. The van der Waals surface area contributed by atoms with Crippen LogP contribution in [0.5, 0.6) is 5.75 Å². The number of amides is 1. The van der Waals surface area contributed by atoms with Crippen LogP contribution in [-0.2, 0) is 10.0 Å². The smallest absolute Gasteiger partial charge is 0.260 e. The van der Waals surface area contributed by atoms with Crippen LogP contribution in [0.15, 0.2) is 47.4 Å². The van der Waals surface area contributed by atoms with Gasteiger partial charge in [0.15, 0.2) is 5.13 Å². The van der Waals surface area contributed by atoms with E-state index in [1.807, 2.05) is 51.0 Å². The number of para-hydroxylation sites is 1. The highest BCUT2D eigenvalue weighted by Gasteiger charge is 2.25. The highest BCUT2D eigenvalue weighted by molar-refractivity contribution is 7.89. The minimum absolute atomic E-state index is 0.191. The average molecular weight is 519 g/mol. The van der Waals surface area contributed by atoms with Crippen molar-refractivity contribution in [2.75, 3.05) is 52.3 Å². The third kappa shape index (κ3) is 6.19. The summed E-state index contributed by atoms with van der Waals surface area (Å²) in [6, 6.07) is 11.9. The number of rotatable bonds is 12. The lowest BCUT2D eigenvalue weighted by Crippen LogP contribution is -2.36. The van der Waals surface area contributed by atoms with Gasteiger partial charge in [-0.15, -0.1) is 0 Å². The minimum atomic E-state index is -3.61. The molecule has 2 aromatic carbocycles. The Kier molecular flexibility index (Phi) is 9.23. The van der Waals surface area contributed by atoms with Gasteiger partial charge in [0.2, 0.25) is 10.0 Å². The van der Waals surface area contributed by atoms with E-state index in [4.69, 9.17) is 9.72 Å². The molecule has 0 fully saturated rings. The Morgan fingerprint density at radius 1 is 1.03 bits per heavy atom. The maximum atomic E-state index is 13.6. The van der Waals surface area contributed by atoms with Crippen LogP contribution in [0.2, 0.25) is 0 Å². The number of sulfonamides is 1. The van der Waals surface area contributed by atoms with Gasteiger partial charge >= 0.3 is 0 Å². The van der Waals surface area contributed by atoms with E-state index in [-0.39, 0.29) is 10.8 Å². The Morgan fingerprint density at radius 3 is 2.34 bits per heavy atom. The van der Waals surface area contributed by atoms with E-state index in [1.165, 1.54) is 27.8 Å². The molecule has 3 rings (SSSR count).